The quantitative estimate of drug-likeness (QED) is 0.709. The molecule has 1 aromatic carbocycles. The predicted octanol–water partition coefficient (Wildman–Crippen LogP) is 3.86. The highest BCUT2D eigenvalue weighted by molar-refractivity contribution is 9.10. The molecular formula is C17H16BrN3O3. The summed E-state index contributed by atoms with van der Waals surface area (Å²) in [5.74, 6) is 0.549. The normalized spacial score (nSPS) is 10.8. The van der Waals surface area contributed by atoms with Crippen LogP contribution in [0.15, 0.2) is 45.3 Å². The van der Waals surface area contributed by atoms with Gasteiger partial charge in [0.15, 0.2) is 5.76 Å². The van der Waals surface area contributed by atoms with E-state index in [9.17, 15) is 9.90 Å². The predicted molar refractivity (Wildman–Crippen MR) is 93.3 cm³/mol. The first-order valence-corrected chi connectivity index (χ1v) is 8.12. The van der Waals surface area contributed by atoms with Crippen molar-refractivity contribution in [3.63, 3.8) is 0 Å². The number of phenols is 1. The summed E-state index contributed by atoms with van der Waals surface area (Å²) in [5, 5.41) is 16.5. The number of carbonyl (C=O) groups is 1. The van der Waals surface area contributed by atoms with E-state index in [1.165, 1.54) is 12.1 Å². The van der Waals surface area contributed by atoms with Crippen LogP contribution < -0.4 is 5.32 Å². The van der Waals surface area contributed by atoms with Gasteiger partial charge in [-0.25, -0.2) is 0 Å². The number of rotatable bonds is 4. The van der Waals surface area contributed by atoms with Crippen LogP contribution in [0.25, 0.3) is 0 Å². The topological polar surface area (TPSA) is 80.3 Å². The summed E-state index contributed by atoms with van der Waals surface area (Å²) in [6.07, 6.45) is 0. The Balaban J connectivity index is 1.73. The molecule has 0 aliphatic rings. The van der Waals surface area contributed by atoms with Gasteiger partial charge in [-0.05, 0) is 54.0 Å². The number of hydrogen-bond donors (Lipinski definition) is 2. The molecular weight excluding hydrogens is 374 g/mol. The van der Waals surface area contributed by atoms with Crippen molar-refractivity contribution in [2.75, 3.05) is 5.32 Å². The van der Waals surface area contributed by atoms with E-state index in [0.29, 0.717) is 18.0 Å². The lowest BCUT2D eigenvalue weighted by Gasteiger charge is -2.04. The lowest BCUT2D eigenvalue weighted by molar-refractivity contribution is 0.0994. The largest absolute Gasteiger partial charge is 0.508 e. The molecule has 3 aromatic rings. The number of aryl methyl sites for hydroxylation is 1. The van der Waals surface area contributed by atoms with E-state index in [1.807, 2.05) is 18.5 Å². The van der Waals surface area contributed by atoms with Gasteiger partial charge in [-0.15, -0.1) is 0 Å². The SMILES string of the molecule is Cc1nn(Cc2ccc(C(=O)Nc3cccc(O)c3)o2)c(C)c1Br. The van der Waals surface area contributed by atoms with Crippen LogP contribution >= 0.6 is 15.9 Å². The Kier molecular flexibility index (Phi) is 4.44. The summed E-state index contributed by atoms with van der Waals surface area (Å²) in [7, 11) is 0. The summed E-state index contributed by atoms with van der Waals surface area (Å²) in [6.45, 7) is 4.32. The van der Waals surface area contributed by atoms with E-state index in [1.54, 1.807) is 24.3 Å². The number of hydrogen-bond acceptors (Lipinski definition) is 4. The molecule has 0 saturated carbocycles. The number of amides is 1. The zero-order valence-electron chi connectivity index (χ0n) is 13.2. The van der Waals surface area contributed by atoms with Gasteiger partial charge in [0.05, 0.1) is 22.4 Å². The van der Waals surface area contributed by atoms with E-state index in [-0.39, 0.29) is 17.4 Å². The number of phenolic OH excluding ortho intramolecular Hbond substituents is 1. The number of aromatic nitrogens is 2. The molecule has 0 unspecified atom stereocenters. The van der Waals surface area contributed by atoms with Gasteiger partial charge in [0.1, 0.15) is 11.5 Å². The highest BCUT2D eigenvalue weighted by Crippen LogP contribution is 2.21. The van der Waals surface area contributed by atoms with Crippen molar-refractivity contribution >= 4 is 27.5 Å². The zero-order valence-corrected chi connectivity index (χ0v) is 14.8. The molecule has 124 valence electrons. The molecule has 0 saturated heterocycles. The van der Waals surface area contributed by atoms with Crippen LogP contribution in [-0.4, -0.2) is 20.8 Å². The highest BCUT2D eigenvalue weighted by Gasteiger charge is 2.14. The molecule has 2 aromatic heterocycles. The molecule has 7 heteroatoms. The number of halogens is 1. The molecule has 0 aliphatic carbocycles. The summed E-state index contributed by atoms with van der Waals surface area (Å²) < 4.78 is 8.39. The van der Waals surface area contributed by atoms with Gasteiger partial charge in [-0.2, -0.15) is 5.10 Å². The fourth-order valence-corrected chi connectivity index (χ4v) is 2.62. The third-order valence-corrected chi connectivity index (χ3v) is 4.74. The van der Waals surface area contributed by atoms with Gasteiger partial charge in [-0.3, -0.25) is 9.48 Å². The first kappa shape index (κ1) is 16.3. The fourth-order valence-electron chi connectivity index (χ4n) is 2.34. The molecule has 2 heterocycles. The smallest absolute Gasteiger partial charge is 0.291 e. The van der Waals surface area contributed by atoms with Crippen molar-refractivity contribution in [3.8, 4) is 5.75 Å². The third-order valence-electron chi connectivity index (χ3n) is 3.59. The zero-order chi connectivity index (χ0) is 17.3. The van der Waals surface area contributed by atoms with Crippen molar-refractivity contribution in [1.29, 1.82) is 0 Å². The molecule has 1 amide bonds. The van der Waals surface area contributed by atoms with E-state index in [0.717, 1.165) is 15.9 Å². The Morgan fingerprint density at radius 3 is 2.79 bits per heavy atom. The summed E-state index contributed by atoms with van der Waals surface area (Å²) in [6, 6.07) is 9.71. The minimum Gasteiger partial charge on any atom is -0.508 e. The molecule has 2 N–H and O–H groups in total. The van der Waals surface area contributed by atoms with E-state index in [2.05, 4.69) is 26.3 Å². The number of anilines is 1. The number of furan rings is 1. The molecule has 0 atom stereocenters. The average molecular weight is 390 g/mol. The Hall–Kier alpha value is -2.54. The van der Waals surface area contributed by atoms with Crippen LogP contribution in [0.4, 0.5) is 5.69 Å². The van der Waals surface area contributed by atoms with Crippen LogP contribution in [0.1, 0.15) is 27.7 Å². The lowest BCUT2D eigenvalue weighted by Crippen LogP contribution is -2.10. The summed E-state index contributed by atoms with van der Waals surface area (Å²) >= 11 is 3.49. The van der Waals surface area contributed by atoms with Crippen molar-refractivity contribution < 1.29 is 14.3 Å². The standard InChI is InChI=1S/C17H16BrN3O3/c1-10-16(18)11(2)21(20-10)9-14-6-7-15(24-14)17(23)19-12-4-3-5-13(22)8-12/h3-8,22H,9H2,1-2H3,(H,19,23). The second-order valence-electron chi connectivity index (χ2n) is 5.41. The minimum atomic E-state index is -0.374. The minimum absolute atomic E-state index is 0.0861. The molecule has 6 nitrogen and oxygen atoms in total. The molecule has 24 heavy (non-hydrogen) atoms. The van der Waals surface area contributed by atoms with E-state index >= 15 is 0 Å². The fraction of sp³-hybridized carbons (Fsp3) is 0.176. The second-order valence-corrected chi connectivity index (χ2v) is 6.21. The third kappa shape index (κ3) is 3.35. The molecule has 0 fully saturated rings. The molecule has 0 bridgehead atoms. The van der Waals surface area contributed by atoms with Crippen molar-refractivity contribution in [3.05, 3.63) is 63.8 Å². The molecule has 3 rings (SSSR count). The number of nitrogens with zero attached hydrogens (tertiary/aromatic N) is 2. The maximum absolute atomic E-state index is 12.2. The molecule has 0 radical (unpaired) electrons. The van der Waals surface area contributed by atoms with Gasteiger partial charge < -0.3 is 14.8 Å². The van der Waals surface area contributed by atoms with Crippen molar-refractivity contribution in [2.24, 2.45) is 0 Å². The van der Waals surface area contributed by atoms with Crippen molar-refractivity contribution in [2.45, 2.75) is 20.4 Å². The van der Waals surface area contributed by atoms with Crippen LogP contribution in [0.5, 0.6) is 5.75 Å². The molecule has 0 spiro atoms. The monoisotopic (exact) mass is 389 g/mol. The Bertz CT molecular complexity index is 898. The van der Waals surface area contributed by atoms with E-state index in [4.69, 9.17) is 4.42 Å². The van der Waals surface area contributed by atoms with Gasteiger partial charge >= 0.3 is 0 Å². The maximum Gasteiger partial charge on any atom is 0.291 e. The first-order chi connectivity index (χ1) is 11.4. The van der Waals surface area contributed by atoms with Gasteiger partial charge in [0, 0.05) is 11.8 Å². The maximum atomic E-state index is 12.2. The van der Waals surface area contributed by atoms with E-state index < -0.39 is 0 Å². The summed E-state index contributed by atoms with van der Waals surface area (Å²) in [4.78, 5) is 12.2. The van der Waals surface area contributed by atoms with Crippen LogP contribution in [0, 0.1) is 13.8 Å². The Morgan fingerprint density at radius 1 is 1.33 bits per heavy atom. The Morgan fingerprint density at radius 2 is 2.12 bits per heavy atom. The summed E-state index contributed by atoms with van der Waals surface area (Å²) in [5.41, 5.74) is 2.40. The van der Waals surface area contributed by atoms with Gasteiger partial charge in [0.25, 0.3) is 5.91 Å². The van der Waals surface area contributed by atoms with Gasteiger partial charge in [-0.1, -0.05) is 6.07 Å². The second kappa shape index (κ2) is 6.52. The van der Waals surface area contributed by atoms with Crippen LogP contribution in [0.2, 0.25) is 0 Å². The highest BCUT2D eigenvalue weighted by atomic mass is 79.9. The van der Waals surface area contributed by atoms with Gasteiger partial charge in [0.2, 0.25) is 0 Å². The number of carbonyl (C=O) groups excluding carboxylic acids is 1. The first-order valence-electron chi connectivity index (χ1n) is 7.32. The molecule has 0 aliphatic heterocycles. The average Bonchev–Trinajstić information content (AvgIpc) is 3.09. The van der Waals surface area contributed by atoms with Crippen LogP contribution in [-0.2, 0) is 6.54 Å². The number of nitrogens with one attached hydrogen (secondary N) is 1. The van der Waals surface area contributed by atoms with Crippen LogP contribution in [0.3, 0.4) is 0 Å². The van der Waals surface area contributed by atoms with Crippen molar-refractivity contribution in [1.82, 2.24) is 9.78 Å². The lowest BCUT2D eigenvalue weighted by atomic mass is 10.3. The number of aromatic hydroxyl groups is 1. The Labute approximate surface area is 147 Å². The number of benzene rings is 1.